The molecule has 4 unspecified atom stereocenters. The summed E-state index contributed by atoms with van der Waals surface area (Å²) < 4.78 is 9.74. The fourth-order valence-electron chi connectivity index (χ4n) is 7.40. The van der Waals surface area contributed by atoms with Crippen LogP contribution in [0.1, 0.15) is 47.9 Å². The van der Waals surface area contributed by atoms with Gasteiger partial charge in [0.15, 0.2) is 0 Å². The van der Waals surface area contributed by atoms with Crippen LogP contribution >= 0.6 is 0 Å². The van der Waals surface area contributed by atoms with Crippen LogP contribution in [0.15, 0.2) is 121 Å². The number of carbonyl (C=O) groups excluding carboxylic acids is 2. The van der Waals surface area contributed by atoms with Crippen molar-refractivity contribution in [2.24, 2.45) is 11.8 Å². The van der Waals surface area contributed by atoms with Gasteiger partial charge in [0.25, 0.3) is 0 Å². The molecule has 45 heavy (non-hydrogen) atoms. The molecule has 1 radical (unpaired) electrons. The summed E-state index contributed by atoms with van der Waals surface area (Å²) in [7, 11) is 2.75. The molecule has 0 saturated heterocycles. The summed E-state index contributed by atoms with van der Waals surface area (Å²) in [6, 6.07) is 39.8. The second-order valence-corrected chi connectivity index (χ2v) is 11.6. The Morgan fingerprint density at radius 2 is 0.778 bits per heavy atom. The number of benzene rings is 4. The third-order valence-corrected chi connectivity index (χ3v) is 9.63. The third-order valence-electron chi connectivity index (χ3n) is 9.63. The molecule has 0 amide bonds. The van der Waals surface area contributed by atoms with Gasteiger partial charge < -0.3 is 19.7 Å². The molecule has 2 aliphatic carbocycles. The van der Waals surface area contributed by atoms with E-state index in [2.05, 4.69) is 0 Å². The van der Waals surface area contributed by atoms with Gasteiger partial charge in [0.1, 0.15) is 0 Å². The molecule has 7 heteroatoms. The maximum atomic E-state index is 12.0. The summed E-state index contributed by atoms with van der Waals surface area (Å²) in [6.07, 6.45) is 1.12. The van der Waals surface area contributed by atoms with Crippen molar-refractivity contribution < 1.29 is 46.3 Å². The van der Waals surface area contributed by atoms with Crippen molar-refractivity contribution in [3.63, 3.8) is 0 Å². The van der Waals surface area contributed by atoms with Crippen LogP contribution in [0.2, 0.25) is 0 Å². The first-order chi connectivity index (χ1) is 21.4. The minimum absolute atomic E-state index is 0. The molecule has 2 N–H and O–H groups in total. The molecule has 0 spiro atoms. The minimum Gasteiger partial charge on any atom is -0.469 e. The van der Waals surface area contributed by atoms with E-state index in [0.29, 0.717) is 12.8 Å². The van der Waals surface area contributed by atoms with Crippen LogP contribution in [0.25, 0.3) is 0 Å². The van der Waals surface area contributed by atoms with Crippen molar-refractivity contribution in [3.8, 4) is 0 Å². The topological polar surface area (TPSA) is 93.1 Å². The van der Waals surface area contributed by atoms with Gasteiger partial charge in [-0.15, -0.1) is 0 Å². The predicted molar refractivity (Wildman–Crippen MR) is 169 cm³/mol. The Balaban J connectivity index is 0.000000200. The second kappa shape index (κ2) is 15.0. The van der Waals surface area contributed by atoms with Gasteiger partial charge in [-0.3, -0.25) is 9.59 Å². The van der Waals surface area contributed by atoms with Gasteiger partial charge in [0.05, 0.1) is 38.3 Å². The van der Waals surface area contributed by atoms with Crippen LogP contribution in [0, 0.1) is 11.8 Å². The van der Waals surface area contributed by atoms with Crippen LogP contribution in [-0.4, -0.2) is 48.6 Å². The molecule has 2 fully saturated rings. The number of hydrogen-bond donors (Lipinski definition) is 2. The van der Waals surface area contributed by atoms with Crippen molar-refractivity contribution in [1.29, 1.82) is 0 Å². The summed E-state index contributed by atoms with van der Waals surface area (Å²) in [6.45, 7) is 0. The quantitative estimate of drug-likeness (QED) is 0.201. The number of hydrogen-bond acceptors (Lipinski definition) is 6. The van der Waals surface area contributed by atoms with E-state index in [1.165, 1.54) is 14.2 Å². The smallest absolute Gasteiger partial charge is 0.311 e. The molecule has 0 bridgehead atoms. The van der Waals surface area contributed by atoms with E-state index >= 15 is 0 Å². The number of aliphatic hydroxyl groups is 2. The predicted octanol–water partition coefficient (Wildman–Crippen LogP) is 5.83. The van der Waals surface area contributed by atoms with Crippen LogP contribution in [0.3, 0.4) is 0 Å². The Morgan fingerprint density at radius 1 is 0.533 bits per heavy atom. The third kappa shape index (κ3) is 6.36. The molecule has 2 saturated carbocycles. The maximum absolute atomic E-state index is 12.0. The normalized spacial score (nSPS) is 22.7. The van der Waals surface area contributed by atoms with Crippen molar-refractivity contribution in [1.82, 2.24) is 0 Å². The van der Waals surface area contributed by atoms with Crippen LogP contribution in [-0.2, 0) is 47.0 Å². The zero-order valence-electron chi connectivity index (χ0n) is 25.5. The van der Waals surface area contributed by atoms with Gasteiger partial charge in [-0.2, -0.15) is 0 Å². The monoisotopic (exact) mass is 655 g/mol. The molecule has 0 aliphatic heterocycles. The molecule has 239 valence electrons. The number of methoxy groups -OCH3 is 2. The number of rotatable bonds is 6. The van der Waals surface area contributed by atoms with E-state index in [1.807, 2.05) is 121 Å². The molecular weight excluding hydrogens is 616 g/mol. The summed E-state index contributed by atoms with van der Waals surface area (Å²) in [4.78, 5) is 24.0. The Hall–Kier alpha value is -3.74. The second-order valence-electron chi connectivity index (χ2n) is 11.6. The first-order valence-electron chi connectivity index (χ1n) is 15.1. The van der Waals surface area contributed by atoms with Gasteiger partial charge in [-0.05, 0) is 47.9 Å². The summed E-state index contributed by atoms with van der Waals surface area (Å²) in [5.41, 5.74) is 3.06. The average Bonchev–Trinajstić information content (AvgIpc) is 3.63. The van der Waals surface area contributed by atoms with Crippen molar-refractivity contribution >= 4 is 11.9 Å². The SMILES string of the molecule is COC(=O)C1CCC(c2ccccc2)(c2ccccc2)C1O.COC(=O)C1CCC(c2ccccc2)(c2ccccc2)C1O.[Cu]. The molecule has 6 rings (SSSR count). The summed E-state index contributed by atoms with van der Waals surface area (Å²) >= 11 is 0. The minimum atomic E-state index is -0.787. The van der Waals surface area contributed by atoms with Crippen molar-refractivity contribution in [2.75, 3.05) is 14.2 Å². The van der Waals surface area contributed by atoms with E-state index in [1.54, 1.807) is 0 Å². The Kier molecular flexibility index (Phi) is 11.4. The largest absolute Gasteiger partial charge is 0.469 e. The van der Waals surface area contributed by atoms with Crippen LogP contribution < -0.4 is 0 Å². The molecule has 4 aromatic carbocycles. The number of aliphatic hydroxyl groups excluding tert-OH is 2. The molecule has 0 heterocycles. The number of ether oxygens (including phenoxy) is 2. The zero-order valence-corrected chi connectivity index (χ0v) is 26.5. The zero-order chi connectivity index (χ0) is 31.2. The van der Waals surface area contributed by atoms with Crippen LogP contribution in [0.4, 0.5) is 0 Å². The number of esters is 2. The first-order valence-corrected chi connectivity index (χ1v) is 15.1. The number of carbonyl (C=O) groups is 2. The standard InChI is InChI=1S/2C19H20O3.Cu/c2*1-22-18(21)16-12-13-19(17(16)20,14-8-4-2-5-9-14)15-10-6-3-7-11-15;/h2*2-11,16-17,20H,12-13H2,1H3;. The van der Waals surface area contributed by atoms with E-state index in [9.17, 15) is 19.8 Å². The van der Waals surface area contributed by atoms with E-state index in [4.69, 9.17) is 9.47 Å². The van der Waals surface area contributed by atoms with Crippen molar-refractivity contribution in [2.45, 2.75) is 48.7 Å². The molecule has 2 aliphatic rings. The summed E-state index contributed by atoms with van der Waals surface area (Å²) in [5.74, 6) is -1.63. The molecule has 0 aromatic heterocycles. The van der Waals surface area contributed by atoms with Gasteiger partial charge in [-0.25, -0.2) is 0 Å². The molecular formula is C38H40CuO6. The first kappa shape index (κ1) is 34.1. The summed E-state index contributed by atoms with van der Waals surface area (Å²) in [5, 5.41) is 22.0. The molecule has 6 nitrogen and oxygen atoms in total. The van der Waals surface area contributed by atoms with E-state index in [-0.39, 0.29) is 29.0 Å². The Morgan fingerprint density at radius 3 is 1.00 bits per heavy atom. The van der Waals surface area contributed by atoms with Gasteiger partial charge in [-0.1, -0.05) is 121 Å². The van der Waals surface area contributed by atoms with Crippen molar-refractivity contribution in [3.05, 3.63) is 144 Å². The fraction of sp³-hybridized carbons (Fsp3) is 0.316. The van der Waals surface area contributed by atoms with Gasteiger partial charge in [0.2, 0.25) is 0 Å². The Bertz CT molecular complexity index is 1320. The van der Waals surface area contributed by atoms with E-state index in [0.717, 1.165) is 35.1 Å². The molecule has 4 atom stereocenters. The average molecular weight is 656 g/mol. The van der Waals surface area contributed by atoms with Gasteiger partial charge >= 0.3 is 11.9 Å². The van der Waals surface area contributed by atoms with Crippen LogP contribution in [0.5, 0.6) is 0 Å². The maximum Gasteiger partial charge on any atom is 0.311 e. The fourth-order valence-corrected chi connectivity index (χ4v) is 7.40. The molecule has 4 aromatic rings. The van der Waals surface area contributed by atoms with Gasteiger partial charge in [0, 0.05) is 27.9 Å². The van der Waals surface area contributed by atoms with E-state index < -0.39 is 34.9 Å². The Labute approximate surface area is 275 Å².